The van der Waals surface area contributed by atoms with E-state index in [1.165, 1.54) is 0 Å². The summed E-state index contributed by atoms with van der Waals surface area (Å²) in [7, 11) is 4.72. The highest BCUT2D eigenvalue weighted by molar-refractivity contribution is 6.05. The van der Waals surface area contributed by atoms with Crippen LogP contribution in [0.15, 0.2) is 53.3 Å². The van der Waals surface area contributed by atoms with Crippen molar-refractivity contribution in [2.45, 2.75) is 0 Å². The average Bonchev–Trinajstić information content (AvgIpc) is 2.75. The molecule has 4 aromatic rings. The molecule has 0 atom stereocenters. The topological polar surface area (TPSA) is 98.6 Å². The van der Waals surface area contributed by atoms with Gasteiger partial charge in [0.25, 0.3) is 0 Å². The second-order valence-electron chi connectivity index (χ2n) is 6.51. The van der Waals surface area contributed by atoms with Gasteiger partial charge in [0.05, 0.1) is 49.1 Å². The predicted molar refractivity (Wildman–Crippen MR) is 116 cm³/mol. The van der Waals surface area contributed by atoms with Crippen molar-refractivity contribution < 1.29 is 14.2 Å². The van der Waals surface area contributed by atoms with Gasteiger partial charge in [0.1, 0.15) is 5.75 Å². The zero-order chi connectivity index (χ0) is 20.5. The average molecular weight is 391 g/mol. The van der Waals surface area contributed by atoms with Gasteiger partial charge in [0, 0.05) is 17.1 Å². The number of nitrogens with one attached hydrogen (secondary N) is 2. The maximum atomic E-state index is 13.3. The van der Waals surface area contributed by atoms with Crippen LogP contribution >= 0.6 is 0 Å². The van der Waals surface area contributed by atoms with Gasteiger partial charge in [-0.3, -0.25) is 4.79 Å². The minimum absolute atomic E-state index is 0.136. The summed E-state index contributed by atoms with van der Waals surface area (Å²) in [6.45, 7) is 0. The predicted octanol–water partition coefficient (Wildman–Crippen LogP) is 4.03. The van der Waals surface area contributed by atoms with Crippen molar-refractivity contribution in [1.82, 2.24) is 4.98 Å². The molecule has 0 radical (unpaired) electrons. The zero-order valence-corrected chi connectivity index (χ0v) is 16.3. The number of aromatic nitrogens is 1. The molecule has 0 aliphatic carbocycles. The van der Waals surface area contributed by atoms with Crippen LogP contribution in [0.4, 0.5) is 17.1 Å². The van der Waals surface area contributed by atoms with Crippen LogP contribution in [0.1, 0.15) is 0 Å². The van der Waals surface area contributed by atoms with Crippen molar-refractivity contribution in [3.05, 3.63) is 58.8 Å². The maximum Gasteiger partial charge on any atom is 0.199 e. The van der Waals surface area contributed by atoms with E-state index in [4.69, 9.17) is 19.9 Å². The molecule has 4 N–H and O–H groups in total. The number of rotatable bonds is 5. The third-order valence-corrected chi connectivity index (χ3v) is 4.86. The van der Waals surface area contributed by atoms with Crippen molar-refractivity contribution in [3.8, 4) is 17.2 Å². The monoisotopic (exact) mass is 391 g/mol. The minimum Gasteiger partial charge on any atom is -0.497 e. The van der Waals surface area contributed by atoms with Crippen LogP contribution in [-0.2, 0) is 0 Å². The molecular formula is C22H21N3O4. The van der Waals surface area contributed by atoms with E-state index in [9.17, 15) is 4.79 Å². The highest BCUT2D eigenvalue weighted by Crippen LogP contribution is 2.34. The smallest absolute Gasteiger partial charge is 0.199 e. The van der Waals surface area contributed by atoms with Crippen molar-refractivity contribution in [1.29, 1.82) is 0 Å². The number of hydrogen-bond acceptors (Lipinski definition) is 6. The van der Waals surface area contributed by atoms with Crippen LogP contribution in [0.2, 0.25) is 0 Å². The molecule has 0 amide bonds. The van der Waals surface area contributed by atoms with Crippen molar-refractivity contribution in [2.24, 2.45) is 0 Å². The summed E-state index contributed by atoms with van der Waals surface area (Å²) in [5.74, 6) is 1.82. The fraction of sp³-hybridized carbons (Fsp3) is 0.136. The molecule has 7 nitrogen and oxygen atoms in total. The molecule has 148 valence electrons. The molecule has 0 bridgehead atoms. The van der Waals surface area contributed by atoms with Gasteiger partial charge in [-0.15, -0.1) is 0 Å². The third-order valence-electron chi connectivity index (χ3n) is 4.86. The molecule has 0 saturated heterocycles. The molecule has 29 heavy (non-hydrogen) atoms. The lowest BCUT2D eigenvalue weighted by atomic mass is 10.1. The van der Waals surface area contributed by atoms with Crippen molar-refractivity contribution >= 4 is 38.9 Å². The third kappa shape index (κ3) is 3.16. The second kappa shape index (κ2) is 7.27. The van der Waals surface area contributed by atoms with Crippen LogP contribution in [0.25, 0.3) is 21.8 Å². The van der Waals surface area contributed by atoms with Crippen LogP contribution in [-0.4, -0.2) is 26.3 Å². The van der Waals surface area contributed by atoms with E-state index >= 15 is 0 Å². The number of nitrogens with two attached hydrogens (primary N) is 1. The Kier molecular flexibility index (Phi) is 4.64. The molecule has 1 aromatic heterocycles. The van der Waals surface area contributed by atoms with Gasteiger partial charge >= 0.3 is 0 Å². The summed E-state index contributed by atoms with van der Waals surface area (Å²) >= 11 is 0. The van der Waals surface area contributed by atoms with Crippen LogP contribution < -0.4 is 30.7 Å². The lowest BCUT2D eigenvalue weighted by Crippen LogP contribution is -2.09. The van der Waals surface area contributed by atoms with Gasteiger partial charge in [-0.1, -0.05) is 0 Å². The summed E-state index contributed by atoms with van der Waals surface area (Å²) in [6, 6.07) is 14.3. The van der Waals surface area contributed by atoms with Crippen molar-refractivity contribution in [3.63, 3.8) is 0 Å². The van der Waals surface area contributed by atoms with E-state index in [-0.39, 0.29) is 5.43 Å². The Morgan fingerprint density at radius 3 is 2.41 bits per heavy atom. The van der Waals surface area contributed by atoms with E-state index < -0.39 is 0 Å². The van der Waals surface area contributed by atoms with Gasteiger partial charge in [0.2, 0.25) is 0 Å². The molecular weight excluding hydrogens is 370 g/mol. The molecule has 0 aliphatic heterocycles. The second-order valence-corrected chi connectivity index (χ2v) is 6.51. The molecule has 0 unspecified atom stereocenters. The fourth-order valence-corrected chi connectivity index (χ4v) is 3.38. The first-order chi connectivity index (χ1) is 14.0. The first-order valence-electron chi connectivity index (χ1n) is 8.97. The molecule has 3 aromatic carbocycles. The van der Waals surface area contributed by atoms with Gasteiger partial charge in [-0.05, 0) is 42.5 Å². The van der Waals surface area contributed by atoms with Gasteiger partial charge < -0.3 is 30.2 Å². The Morgan fingerprint density at radius 1 is 0.897 bits per heavy atom. The van der Waals surface area contributed by atoms with Crippen LogP contribution in [0.5, 0.6) is 17.2 Å². The normalized spacial score (nSPS) is 10.9. The molecule has 0 aliphatic rings. The SMILES string of the molecule is COc1ccc2[nH]c3c(N)ccc(Nc4ccc(OC)c(OC)c4)c3c(=O)c2c1. The largest absolute Gasteiger partial charge is 0.497 e. The molecule has 1 heterocycles. The van der Waals surface area contributed by atoms with E-state index in [2.05, 4.69) is 10.3 Å². The molecule has 4 rings (SSSR count). The van der Waals surface area contributed by atoms with Crippen LogP contribution in [0.3, 0.4) is 0 Å². The number of hydrogen-bond donors (Lipinski definition) is 3. The van der Waals surface area contributed by atoms with Gasteiger partial charge in [0.15, 0.2) is 16.9 Å². The first-order valence-corrected chi connectivity index (χ1v) is 8.97. The van der Waals surface area contributed by atoms with E-state index in [1.807, 2.05) is 12.1 Å². The molecule has 7 heteroatoms. The van der Waals surface area contributed by atoms with E-state index in [1.54, 1.807) is 57.7 Å². The van der Waals surface area contributed by atoms with Crippen LogP contribution in [0, 0.1) is 0 Å². The number of aromatic amines is 1. The Hall–Kier alpha value is -3.87. The number of ether oxygens (including phenoxy) is 3. The number of nitrogen functional groups attached to an aromatic ring is 1. The van der Waals surface area contributed by atoms with Crippen molar-refractivity contribution in [2.75, 3.05) is 32.4 Å². The molecule has 0 saturated carbocycles. The Labute approximate surface area is 167 Å². The number of anilines is 3. The Bertz CT molecular complexity index is 1280. The van der Waals surface area contributed by atoms with Gasteiger partial charge in [-0.25, -0.2) is 0 Å². The fourth-order valence-electron chi connectivity index (χ4n) is 3.38. The number of H-pyrrole nitrogens is 1. The Morgan fingerprint density at radius 2 is 1.69 bits per heavy atom. The highest BCUT2D eigenvalue weighted by atomic mass is 16.5. The van der Waals surface area contributed by atoms with E-state index in [0.717, 1.165) is 5.69 Å². The minimum atomic E-state index is -0.136. The zero-order valence-electron chi connectivity index (χ0n) is 16.3. The first kappa shape index (κ1) is 18.5. The standard InChI is InChI=1S/C22H21N3O4/c1-27-13-5-7-16-14(11-13)22(26)20-17(8-6-15(23)21(20)25-16)24-12-4-9-18(28-2)19(10-12)29-3/h4-11,24H,23H2,1-3H3,(H,25,26). The highest BCUT2D eigenvalue weighted by Gasteiger charge is 2.14. The lowest BCUT2D eigenvalue weighted by molar-refractivity contribution is 0.355. The summed E-state index contributed by atoms with van der Waals surface area (Å²) in [4.78, 5) is 16.6. The number of fused-ring (bicyclic) bond motifs is 2. The van der Waals surface area contributed by atoms with E-state index in [0.29, 0.717) is 50.4 Å². The number of pyridine rings is 1. The number of benzene rings is 3. The summed E-state index contributed by atoms with van der Waals surface area (Å²) in [5, 5.41) is 4.29. The lowest BCUT2D eigenvalue weighted by Gasteiger charge is -2.14. The summed E-state index contributed by atoms with van der Waals surface area (Å²) < 4.78 is 15.9. The maximum absolute atomic E-state index is 13.3. The summed E-state index contributed by atoms with van der Waals surface area (Å²) in [6.07, 6.45) is 0. The quantitative estimate of drug-likeness (QED) is 0.351. The summed E-state index contributed by atoms with van der Waals surface area (Å²) in [5.41, 5.74) is 9.17. The molecule has 0 fully saturated rings. The Balaban J connectivity index is 1.92. The number of methoxy groups -OCH3 is 3. The molecule has 0 spiro atoms. The van der Waals surface area contributed by atoms with Gasteiger partial charge in [-0.2, -0.15) is 0 Å².